The molecular weight excluding hydrogens is 228 g/mol. The third kappa shape index (κ3) is 2.24. The van der Waals surface area contributed by atoms with Crippen molar-refractivity contribution in [3.63, 3.8) is 0 Å². The highest BCUT2D eigenvalue weighted by atomic mass is 16.3. The Morgan fingerprint density at radius 3 is 2.44 bits per heavy atom. The first-order valence-electron chi connectivity index (χ1n) is 5.70. The van der Waals surface area contributed by atoms with E-state index >= 15 is 0 Å². The fourth-order valence-corrected chi connectivity index (χ4v) is 1.96. The van der Waals surface area contributed by atoms with Crippen molar-refractivity contribution >= 4 is 11.4 Å². The summed E-state index contributed by atoms with van der Waals surface area (Å²) in [6.07, 6.45) is 0.495. The van der Waals surface area contributed by atoms with Gasteiger partial charge in [-0.15, -0.1) is 0 Å². The van der Waals surface area contributed by atoms with Gasteiger partial charge in [0.1, 0.15) is 5.75 Å². The molecule has 0 aliphatic rings. The van der Waals surface area contributed by atoms with E-state index < -0.39 is 0 Å². The first-order valence-corrected chi connectivity index (χ1v) is 5.70. The predicted molar refractivity (Wildman–Crippen MR) is 73.2 cm³/mol. The molecule has 0 atom stereocenters. The number of anilines is 2. The van der Waals surface area contributed by atoms with Crippen LogP contribution in [-0.4, -0.2) is 16.8 Å². The third-order valence-corrected chi connectivity index (χ3v) is 2.89. The number of nitrogens with two attached hydrogens (primary N) is 2. The van der Waals surface area contributed by atoms with Crippen LogP contribution >= 0.6 is 0 Å². The minimum Gasteiger partial charge on any atom is -0.507 e. The molecule has 0 aliphatic carbocycles. The topological polar surface area (TPSA) is 92.5 Å². The largest absolute Gasteiger partial charge is 0.507 e. The molecule has 6 N–H and O–H groups in total. The Kier molecular flexibility index (Phi) is 3.39. The number of benzene rings is 2. The van der Waals surface area contributed by atoms with E-state index in [9.17, 15) is 5.11 Å². The molecule has 0 unspecified atom stereocenters. The Balaban J connectivity index is 2.53. The summed E-state index contributed by atoms with van der Waals surface area (Å²) in [7, 11) is 0. The molecule has 18 heavy (non-hydrogen) atoms. The van der Waals surface area contributed by atoms with Crippen molar-refractivity contribution < 1.29 is 10.2 Å². The van der Waals surface area contributed by atoms with Crippen LogP contribution in [-0.2, 0) is 6.42 Å². The summed E-state index contributed by atoms with van der Waals surface area (Å²) < 4.78 is 0. The van der Waals surface area contributed by atoms with Crippen molar-refractivity contribution in [3.05, 3.63) is 42.0 Å². The highest BCUT2D eigenvalue weighted by Crippen LogP contribution is 2.35. The van der Waals surface area contributed by atoms with Gasteiger partial charge >= 0.3 is 0 Å². The Hall–Kier alpha value is -2.20. The zero-order valence-corrected chi connectivity index (χ0v) is 9.93. The number of nitrogen functional groups attached to an aromatic ring is 2. The molecule has 94 valence electrons. The standard InChI is InChI=1S/C14H16N2O2/c15-10-4-5-11(13(18)8-10)12-3-1-2-9(6-7-17)14(12)16/h1-5,8,17-18H,6-7,15-16H2. The molecule has 2 rings (SSSR count). The van der Waals surface area contributed by atoms with Gasteiger partial charge < -0.3 is 21.7 Å². The first-order chi connectivity index (χ1) is 8.63. The van der Waals surface area contributed by atoms with Gasteiger partial charge in [-0.05, 0) is 24.1 Å². The number of aliphatic hydroxyl groups is 1. The lowest BCUT2D eigenvalue weighted by Gasteiger charge is -2.12. The van der Waals surface area contributed by atoms with Crippen LogP contribution in [0, 0.1) is 0 Å². The molecule has 0 amide bonds. The molecule has 0 saturated carbocycles. The van der Waals surface area contributed by atoms with E-state index in [1.807, 2.05) is 18.2 Å². The van der Waals surface area contributed by atoms with E-state index in [1.54, 1.807) is 12.1 Å². The van der Waals surface area contributed by atoms with Gasteiger partial charge in [-0.2, -0.15) is 0 Å². The molecule has 2 aromatic carbocycles. The zero-order valence-electron chi connectivity index (χ0n) is 9.93. The predicted octanol–water partition coefficient (Wildman–Crippen LogP) is 1.76. The summed E-state index contributed by atoms with van der Waals surface area (Å²) in [5, 5.41) is 18.9. The van der Waals surface area contributed by atoms with Crippen molar-refractivity contribution in [2.45, 2.75) is 6.42 Å². The Morgan fingerprint density at radius 1 is 1.00 bits per heavy atom. The van der Waals surface area contributed by atoms with Gasteiger partial charge in [-0.1, -0.05) is 18.2 Å². The molecule has 0 saturated heterocycles. The summed E-state index contributed by atoms with van der Waals surface area (Å²) >= 11 is 0. The number of phenols is 1. The summed E-state index contributed by atoms with van der Waals surface area (Å²) in [5.41, 5.74) is 15.0. The van der Waals surface area contributed by atoms with Crippen molar-refractivity contribution in [1.82, 2.24) is 0 Å². The number of aromatic hydroxyl groups is 1. The van der Waals surface area contributed by atoms with Gasteiger partial charge in [0.15, 0.2) is 0 Å². The second-order valence-electron chi connectivity index (χ2n) is 4.13. The molecule has 0 heterocycles. The summed E-state index contributed by atoms with van der Waals surface area (Å²) in [6, 6.07) is 10.5. The minimum atomic E-state index is 0.0430. The quantitative estimate of drug-likeness (QED) is 0.619. The average molecular weight is 244 g/mol. The summed E-state index contributed by atoms with van der Waals surface area (Å²) in [5.74, 6) is 0.0999. The van der Waals surface area contributed by atoms with E-state index in [0.717, 1.165) is 11.1 Å². The maximum absolute atomic E-state index is 9.91. The molecule has 0 spiro atoms. The van der Waals surface area contributed by atoms with E-state index in [4.69, 9.17) is 16.6 Å². The van der Waals surface area contributed by atoms with Crippen LogP contribution in [0.4, 0.5) is 11.4 Å². The SMILES string of the molecule is Nc1ccc(-c2cccc(CCO)c2N)c(O)c1. The highest BCUT2D eigenvalue weighted by molar-refractivity contribution is 5.83. The number of para-hydroxylation sites is 1. The lowest BCUT2D eigenvalue weighted by molar-refractivity contribution is 0.300. The molecule has 0 bridgehead atoms. The van der Waals surface area contributed by atoms with E-state index in [1.165, 1.54) is 6.07 Å². The van der Waals surface area contributed by atoms with Gasteiger partial charge in [0.05, 0.1) is 0 Å². The monoisotopic (exact) mass is 244 g/mol. The molecular formula is C14H16N2O2. The Labute approximate surface area is 105 Å². The third-order valence-electron chi connectivity index (χ3n) is 2.89. The zero-order chi connectivity index (χ0) is 13.1. The van der Waals surface area contributed by atoms with E-state index in [-0.39, 0.29) is 12.4 Å². The summed E-state index contributed by atoms with van der Waals surface area (Å²) in [4.78, 5) is 0. The van der Waals surface area contributed by atoms with Crippen LogP contribution in [0.1, 0.15) is 5.56 Å². The maximum atomic E-state index is 9.91. The molecule has 4 heteroatoms. The van der Waals surface area contributed by atoms with E-state index in [0.29, 0.717) is 23.4 Å². The molecule has 0 radical (unpaired) electrons. The van der Waals surface area contributed by atoms with Crippen LogP contribution in [0.2, 0.25) is 0 Å². The molecule has 4 nitrogen and oxygen atoms in total. The van der Waals surface area contributed by atoms with Gasteiger partial charge in [0, 0.05) is 35.2 Å². The number of rotatable bonds is 3. The molecule has 0 aromatic heterocycles. The normalized spacial score (nSPS) is 10.5. The smallest absolute Gasteiger partial charge is 0.125 e. The maximum Gasteiger partial charge on any atom is 0.125 e. The molecule has 0 fully saturated rings. The Bertz CT molecular complexity index is 568. The second-order valence-corrected chi connectivity index (χ2v) is 4.13. The van der Waals surface area contributed by atoms with Gasteiger partial charge in [-0.3, -0.25) is 0 Å². The van der Waals surface area contributed by atoms with Crippen LogP contribution in [0.25, 0.3) is 11.1 Å². The second kappa shape index (κ2) is 4.98. The fraction of sp³-hybridized carbons (Fsp3) is 0.143. The lowest BCUT2D eigenvalue weighted by Crippen LogP contribution is -2.00. The van der Waals surface area contributed by atoms with Crippen molar-refractivity contribution in [1.29, 1.82) is 0 Å². The molecule has 0 aliphatic heterocycles. The van der Waals surface area contributed by atoms with Crippen LogP contribution in [0.5, 0.6) is 5.75 Å². The Morgan fingerprint density at radius 2 is 1.78 bits per heavy atom. The van der Waals surface area contributed by atoms with Gasteiger partial charge in [0.2, 0.25) is 0 Å². The summed E-state index contributed by atoms with van der Waals surface area (Å²) in [6.45, 7) is 0.0430. The van der Waals surface area contributed by atoms with Gasteiger partial charge in [-0.25, -0.2) is 0 Å². The lowest BCUT2D eigenvalue weighted by atomic mass is 9.98. The first kappa shape index (κ1) is 12.3. The number of hydrogen-bond acceptors (Lipinski definition) is 4. The molecule has 2 aromatic rings. The van der Waals surface area contributed by atoms with Crippen molar-refractivity contribution in [3.8, 4) is 16.9 Å². The van der Waals surface area contributed by atoms with Crippen LogP contribution < -0.4 is 11.5 Å². The van der Waals surface area contributed by atoms with E-state index in [2.05, 4.69) is 0 Å². The van der Waals surface area contributed by atoms with Crippen molar-refractivity contribution in [2.75, 3.05) is 18.1 Å². The van der Waals surface area contributed by atoms with Crippen molar-refractivity contribution in [2.24, 2.45) is 0 Å². The average Bonchev–Trinajstić information content (AvgIpc) is 2.33. The fourth-order valence-electron chi connectivity index (χ4n) is 1.96. The van der Waals surface area contributed by atoms with Crippen LogP contribution in [0.3, 0.4) is 0 Å². The van der Waals surface area contributed by atoms with Gasteiger partial charge in [0.25, 0.3) is 0 Å². The minimum absolute atomic E-state index is 0.0430. The van der Waals surface area contributed by atoms with Crippen LogP contribution in [0.15, 0.2) is 36.4 Å². The number of hydrogen-bond donors (Lipinski definition) is 4. The highest BCUT2D eigenvalue weighted by Gasteiger charge is 2.10. The number of phenolic OH excluding ortho intramolecular Hbond substituents is 1. The number of aliphatic hydroxyl groups excluding tert-OH is 1.